The third-order valence-electron chi connectivity index (χ3n) is 3.66. The molecule has 0 spiro atoms. The van der Waals surface area contributed by atoms with Crippen LogP contribution in [-0.2, 0) is 9.53 Å². The van der Waals surface area contributed by atoms with Crippen molar-refractivity contribution >= 4 is 5.91 Å². The average Bonchev–Trinajstić information content (AvgIpc) is 2.69. The van der Waals surface area contributed by atoms with Gasteiger partial charge in [-0.05, 0) is 32.7 Å². The van der Waals surface area contributed by atoms with Gasteiger partial charge in [-0.1, -0.05) is 6.92 Å². The molecule has 5 nitrogen and oxygen atoms in total. The molecule has 0 bridgehead atoms. The Bertz CT molecular complexity index is 260. The van der Waals surface area contributed by atoms with E-state index in [0.717, 1.165) is 32.7 Å². The molecule has 1 fully saturated rings. The van der Waals surface area contributed by atoms with Gasteiger partial charge in [0.15, 0.2) is 0 Å². The third-order valence-corrected chi connectivity index (χ3v) is 3.66. The van der Waals surface area contributed by atoms with Gasteiger partial charge in [0.2, 0.25) is 5.91 Å². The zero-order valence-electron chi connectivity index (χ0n) is 10.9. The molecule has 17 heavy (non-hydrogen) atoms. The van der Waals surface area contributed by atoms with Gasteiger partial charge in [0.05, 0.1) is 12.1 Å². The molecule has 5 heteroatoms. The molecule has 2 atom stereocenters. The van der Waals surface area contributed by atoms with Crippen LogP contribution in [0.2, 0.25) is 0 Å². The highest BCUT2D eigenvalue weighted by molar-refractivity contribution is 5.84. The Labute approximate surface area is 103 Å². The lowest BCUT2D eigenvalue weighted by molar-refractivity contribution is -0.123. The summed E-state index contributed by atoms with van der Waals surface area (Å²) < 4.78 is 5.36. The molecular formula is C12H25N3O2. The molecule has 1 aliphatic rings. The van der Waals surface area contributed by atoms with E-state index < -0.39 is 5.54 Å². The zero-order valence-corrected chi connectivity index (χ0v) is 10.9. The highest BCUT2D eigenvalue weighted by Crippen LogP contribution is 2.30. The fourth-order valence-electron chi connectivity index (χ4n) is 2.51. The van der Waals surface area contributed by atoms with Crippen LogP contribution in [0, 0.1) is 0 Å². The first kappa shape index (κ1) is 14.4. The van der Waals surface area contributed by atoms with Crippen LogP contribution in [0.1, 0.15) is 33.1 Å². The summed E-state index contributed by atoms with van der Waals surface area (Å²) in [6, 6.07) is 0.359. The fraction of sp³-hybridized carbons (Fsp3) is 0.917. The van der Waals surface area contributed by atoms with Crippen molar-refractivity contribution in [3.05, 3.63) is 0 Å². The number of nitrogens with zero attached hydrogens (tertiary/aromatic N) is 1. The summed E-state index contributed by atoms with van der Waals surface area (Å²) in [6.07, 6.45) is 2.31. The molecular weight excluding hydrogens is 218 g/mol. The number of hydrogen-bond acceptors (Lipinski definition) is 4. The number of amides is 1. The van der Waals surface area contributed by atoms with E-state index in [1.807, 2.05) is 6.92 Å². The first-order valence-corrected chi connectivity index (χ1v) is 6.44. The molecule has 0 aromatic rings. The van der Waals surface area contributed by atoms with Crippen LogP contribution in [0.5, 0.6) is 0 Å². The summed E-state index contributed by atoms with van der Waals surface area (Å²) in [4.78, 5) is 13.6. The molecule has 1 amide bonds. The Kier molecular flexibility index (Phi) is 5.36. The lowest BCUT2D eigenvalue weighted by Gasteiger charge is -2.28. The van der Waals surface area contributed by atoms with Crippen molar-refractivity contribution in [2.24, 2.45) is 11.5 Å². The van der Waals surface area contributed by atoms with Gasteiger partial charge in [-0.15, -0.1) is 0 Å². The second-order valence-corrected chi connectivity index (χ2v) is 4.74. The quantitative estimate of drug-likeness (QED) is 0.620. The number of hydrogen-bond donors (Lipinski definition) is 2. The summed E-state index contributed by atoms with van der Waals surface area (Å²) in [5.74, 6) is -0.374. The maximum Gasteiger partial charge on any atom is 0.237 e. The number of ether oxygens (including phenoxy) is 1. The zero-order chi connectivity index (χ0) is 12.9. The maximum atomic E-state index is 11.3. The first-order chi connectivity index (χ1) is 8.03. The summed E-state index contributed by atoms with van der Waals surface area (Å²) in [6.45, 7) is 7.42. The monoisotopic (exact) mass is 243 g/mol. The molecule has 1 rings (SSSR count). The van der Waals surface area contributed by atoms with Crippen LogP contribution in [0.15, 0.2) is 0 Å². The standard InChI is InChI=1S/C12H25N3O2/c1-3-15(7-8-17-4-2)10-5-6-12(14,9-10)11(13)16/h10H,3-9,14H2,1-2H3,(H2,13,16). The number of likely N-dealkylation sites (N-methyl/N-ethyl adjacent to an activating group) is 1. The summed E-state index contributed by atoms with van der Waals surface area (Å²) in [5, 5.41) is 0. The molecule has 0 aliphatic heterocycles. The minimum atomic E-state index is -0.802. The van der Waals surface area contributed by atoms with Crippen LogP contribution in [-0.4, -0.2) is 48.7 Å². The number of rotatable bonds is 7. The van der Waals surface area contributed by atoms with Crippen molar-refractivity contribution in [1.29, 1.82) is 0 Å². The molecule has 4 N–H and O–H groups in total. The first-order valence-electron chi connectivity index (χ1n) is 6.44. The largest absolute Gasteiger partial charge is 0.380 e. The second kappa shape index (κ2) is 6.33. The number of carbonyl (C=O) groups excluding carboxylic acids is 1. The van der Waals surface area contributed by atoms with Crippen LogP contribution >= 0.6 is 0 Å². The molecule has 2 unspecified atom stereocenters. The molecule has 0 aromatic carbocycles. The van der Waals surface area contributed by atoms with E-state index in [2.05, 4.69) is 11.8 Å². The Morgan fingerprint density at radius 1 is 1.53 bits per heavy atom. The minimum Gasteiger partial charge on any atom is -0.380 e. The normalized spacial score (nSPS) is 28.8. The van der Waals surface area contributed by atoms with Crippen LogP contribution in [0.4, 0.5) is 0 Å². The molecule has 1 aliphatic carbocycles. The highest BCUT2D eigenvalue weighted by atomic mass is 16.5. The van der Waals surface area contributed by atoms with Crippen molar-refractivity contribution < 1.29 is 9.53 Å². The predicted octanol–water partition coefficient (Wildman–Crippen LogP) is 0.0801. The molecule has 0 radical (unpaired) electrons. The van der Waals surface area contributed by atoms with Crippen molar-refractivity contribution in [2.75, 3.05) is 26.3 Å². The predicted molar refractivity (Wildman–Crippen MR) is 67.5 cm³/mol. The van der Waals surface area contributed by atoms with E-state index in [0.29, 0.717) is 18.9 Å². The van der Waals surface area contributed by atoms with Crippen molar-refractivity contribution in [2.45, 2.75) is 44.7 Å². The topological polar surface area (TPSA) is 81.6 Å². The molecule has 1 saturated carbocycles. The van der Waals surface area contributed by atoms with Crippen LogP contribution in [0.25, 0.3) is 0 Å². The van der Waals surface area contributed by atoms with E-state index in [1.54, 1.807) is 0 Å². The third kappa shape index (κ3) is 3.66. The Morgan fingerprint density at radius 2 is 2.24 bits per heavy atom. The van der Waals surface area contributed by atoms with E-state index in [-0.39, 0.29) is 5.91 Å². The van der Waals surface area contributed by atoms with E-state index in [9.17, 15) is 4.79 Å². The summed E-state index contributed by atoms with van der Waals surface area (Å²) >= 11 is 0. The van der Waals surface area contributed by atoms with E-state index >= 15 is 0 Å². The van der Waals surface area contributed by atoms with Crippen molar-refractivity contribution in [3.63, 3.8) is 0 Å². The fourth-order valence-corrected chi connectivity index (χ4v) is 2.51. The van der Waals surface area contributed by atoms with Crippen LogP contribution < -0.4 is 11.5 Å². The van der Waals surface area contributed by atoms with Gasteiger partial charge in [0.25, 0.3) is 0 Å². The van der Waals surface area contributed by atoms with Gasteiger partial charge in [0.1, 0.15) is 0 Å². The van der Waals surface area contributed by atoms with Gasteiger partial charge in [0, 0.05) is 19.2 Å². The van der Waals surface area contributed by atoms with Gasteiger partial charge in [-0.3, -0.25) is 9.69 Å². The highest BCUT2D eigenvalue weighted by Gasteiger charge is 2.42. The Hall–Kier alpha value is -0.650. The minimum absolute atomic E-state index is 0.359. The Balaban J connectivity index is 2.47. The summed E-state index contributed by atoms with van der Waals surface area (Å²) in [5.41, 5.74) is 10.6. The SMILES string of the molecule is CCOCCN(CC)C1CCC(N)(C(N)=O)C1. The number of nitrogens with two attached hydrogens (primary N) is 2. The van der Waals surface area contributed by atoms with Crippen LogP contribution in [0.3, 0.4) is 0 Å². The van der Waals surface area contributed by atoms with E-state index in [4.69, 9.17) is 16.2 Å². The average molecular weight is 243 g/mol. The van der Waals surface area contributed by atoms with Crippen molar-refractivity contribution in [1.82, 2.24) is 4.90 Å². The molecule has 100 valence electrons. The lowest BCUT2D eigenvalue weighted by Crippen LogP contribution is -2.51. The second-order valence-electron chi connectivity index (χ2n) is 4.74. The Morgan fingerprint density at radius 3 is 2.71 bits per heavy atom. The number of carbonyl (C=O) groups is 1. The summed E-state index contributed by atoms with van der Waals surface area (Å²) in [7, 11) is 0. The van der Waals surface area contributed by atoms with E-state index in [1.165, 1.54) is 0 Å². The molecule has 0 heterocycles. The van der Waals surface area contributed by atoms with Gasteiger partial charge in [-0.2, -0.15) is 0 Å². The number of primary amides is 1. The van der Waals surface area contributed by atoms with Gasteiger partial charge in [-0.25, -0.2) is 0 Å². The molecule has 0 aromatic heterocycles. The van der Waals surface area contributed by atoms with Gasteiger partial charge < -0.3 is 16.2 Å². The van der Waals surface area contributed by atoms with Gasteiger partial charge >= 0.3 is 0 Å². The molecule has 0 saturated heterocycles. The lowest BCUT2D eigenvalue weighted by atomic mass is 9.98. The maximum absolute atomic E-state index is 11.3. The van der Waals surface area contributed by atoms with Crippen molar-refractivity contribution in [3.8, 4) is 0 Å². The smallest absolute Gasteiger partial charge is 0.237 e.